The van der Waals surface area contributed by atoms with Crippen LogP contribution in [-0.4, -0.2) is 56.1 Å². The highest BCUT2D eigenvalue weighted by molar-refractivity contribution is 5.96. The molecular formula is C17H25N3O3. The van der Waals surface area contributed by atoms with E-state index in [1.807, 2.05) is 37.3 Å². The zero-order chi connectivity index (χ0) is 16.5. The molecule has 0 aromatic heterocycles. The van der Waals surface area contributed by atoms with Crippen LogP contribution in [-0.2, 0) is 14.3 Å². The highest BCUT2D eigenvalue weighted by Crippen LogP contribution is 2.10. The van der Waals surface area contributed by atoms with Crippen molar-refractivity contribution in [1.82, 2.24) is 15.5 Å². The largest absolute Gasteiger partial charge is 0.379 e. The van der Waals surface area contributed by atoms with Gasteiger partial charge in [-0.3, -0.25) is 14.5 Å². The molecule has 1 unspecified atom stereocenters. The second kappa shape index (κ2) is 9.27. The summed E-state index contributed by atoms with van der Waals surface area (Å²) in [6.45, 7) is 6.53. The van der Waals surface area contributed by atoms with E-state index >= 15 is 0 Å². The minimum atomic E-state index is -0.259. The number of benzene rings is 1. The third-order valence-electron chi connectivity index (χ3n) is 3.85. The maximum absolute atomic E-state index is 11.9. The molecule has 6 nitrogen and oxygen atoms in total. The molecule has 6 heteroatoms. The van der Waals surface area contributed by atoms with Crippen LogP contribution in [0, 0.1) is 0 Å². The maximum Gasteiger partial charge on any atom is 0.229 e. The Balaban J connectivity index is 1.63. The molecule has 0 aliphatic carbocycles. The van der Waals surface area contributed by atoms with E-state index in [9.17, 15) is 9.59 Å². The van der Waals surface area contributed by atoms with Crippen LogP contribution in [0.2, 0.25) is 0 Å². The number of morpholine rings is 1. The van der Waals surface area contributed by atoms with Crippen LogP contribution in [0.15, 0.2) is 30.3 Å². The molecule has 1 fully saturated rings. The van der Waals surface area contributed by atoms with Crippen molar-refractivity contribution in [2.45, 2.75) is 19.4 Å². The van der Waals surface area contributed by atoms with Gasteiger partial charge in [0, 0.05) is 26.2 Å². The summed E-state index contributed by atoms with van der Waals surface area (Å²) in [6.07, 6.45) is -0.139. The number of carbonyl (C=O) groups excluding carboxylic acids is 2. The third-order valence-corrected chi connectivity index (χ3v) is 3.85. The van der Waals surface area contributed by atoms with Crippen LogP contribution in [0.5, 0.6) is 0 Å². The van der Waals surface area contributed by atoms with Crippen LogP contribution >= 0.6 is 0 Å². The fraction of sp³-hybridized carbons (Fsp3) is 0.529. The highest BCUT2D eigenvalue weighted by atomic mass is 16.5. The molecule has 1 atom stereocenters. The number of hydrogen-bond donors (Lipinski definition) is 2. The number of carbonyl (C=O) groups is 2. The Hall–Kier alpha value is -1.92. The Morgan fingerprint density at radius 3 is 2.57 bits per heavy atom. The zero-order valence-corrected chi connectivity index (χ0v) is 13.6. The molecule has 0 bridgehead atoms. The standard InChI is InChI=1S/C17H25N3O3/c1-14(15-5-3-2-4-6-15)19-17(22)13-16(21)18-7-8-20-9-11-23-12-10-20/h2-6,14H,7-13H2,1H3,(H,18,21)(H,19,22). The van der Waals surface area contributed by atoms with Gasteiger partial charge in [0.15, 0.2) is 0 Å². The van der Waals surface area contributed by atoms with Crippen molar-refractivity contribution in [2.24, 2.45) is 0 Å². The van der Waals surface area contributed by atoms with Crippen LogP contribution in [0.3, 0.4) is 0 Å². The minimum Gasteiger partial charge on any atom is -0.379 e. The lowest BCUT2D eigenvalue weighted by atomic mass is 10.1. The molecule has 1 aromatic carbocycles. The van der Waals surface area contributed by atoms with Crippen LogP contribution in [0.1, 0.15) is 24.9 Å². The molecule has 1 aliphatic rings. The maximum atomic E-state index is 11.9. The van der Waals surface area contributed by atoms with Crippen LogP contribution in [0.25, 0.3) is 0 Å². The third kappa shape index (κ3) is 6.38. The van der Waals surface area contributed by atoms with E-state index in [0.717, 1.165) is 38.4 Å². The highest BCUT2D eigenvalue weighted by Gasteiger charge is 2.14. The van der Waals surface area contributed by atoms with E-state index in [1.54, 1.807) is 0 Å². The van der Waals surface area contributed by atoms with Gasteiger partial charge in [-0.25, -0.2) is 0 Å². The number of nitrogens with one attached hydrogen (secondary N) is 2. The summed E-state index contributed by atoms with van der Waals surface area (Å²) in [6, 6.07) is 9.58. The van der Waals surface area contributed by atoms with Gasteiger partial charge in [0.05, 0.1) is 19.3 Å². The second-order valence-corrected chi connectivity index (χ2v) is 5.68. The van der Waals surface area contributed by atoms with E-state index in [0.29, 0.717) is 6.54 Å². The molecule has 2 N–H and O–H groups in total. The van der Waals surface area contributed by atoms with Crippen molar-refractivity contribution in [1.29, 1.82) is 0 Å². The lowest BCUT2D eigenvalue weighted by Crippen LogP contribution is -2.42. The fourth-order valence-corrected chi connectivity index (χ4v) is 2.50. The number of nitrogens with zero attached hydrogens (tertiary/aromatic N) is 1. The molecule has 1 saturated heterocycles. The average molecular weight is 319 g/mol. The summed E-state index contributed by atoms with van der Waals surface area (Å²) in [4.78, 5) is 25.9. The lowest BCUT2D eigenvalue weighted by Gasteiger charge is -2.26. The Kier molecular flexibility index (Phi) is 7.03. The smallest absolute Gasteiger partial charge is 0.229 e. The van der Waals surface area contributed by atoms with Crippen molar-refractivity contribution in [3.63, 3.8) is 0 Å². The van der Waals surface area contributed by atoms with Crippen molar-refractivity contribution < 1.29 is 14.3 Å². The molecular weight excluding hydrogens is 294 g/mol. The number of amides is 2. The summed E-state index contributed by atoms with van der Waals surface area (Å²) in [5, 5.41) is 5.63. The minimum absolute atomic E-state index is 0.107. The summed E-state index contributed by atoms with van der Waals surface area (Å²) in [5.41, 5.74) is 1.02. The Morgan fingerprint density at radius 1 is 1.17 bits per heavy atom. The monoisotopic (exact) mass is 319 g/mol. The van der Waals surface area contributed by atoms with Gasteiger partial charge in [0.1, 0.15) is 6.42 Å². The number of rotatable bonds is 7. The molecule has 23 heavy (non-hydrogen) atoms. The second-order valence-electron chi connectivity index (χ2n) is 5.68. The normalized spacial score (nSPS) is 16.6. The van der Waals surface area contributed by atoms with E-state index in [2.05, 4.69) is 15.5 Å². The van der Waals surface area contributed by atoms with Crippen molar-refractivity contribution in [3.05, 3.63) is 35.9 Å². The van der Waals surface area contributed by atoms with Crippen molar-refractivity contribution in [2.75, 3.05) is 39.4 Å². The molecule has 0 radical (unpaired) electrons. The van der Waals surface area contributed by atoms with E-state index in [1.165, 1.54) is 0 Å². The molecule has 1 aromatic rings. The number of hydrogen-bond acceptors (Lipinski definition) is 4. The lowest BCUT2D eigenvalue weighted by molar-refractivity contribution is -0.129. The Bertz CT molecular complexity index is 501. The summed E-state index contributed by atoms with van der Waals surface area (Å²) < 4.78 is 5.27. The van der Waals surface area contributed by atoms with Crippen molar-refractivity contribution >= 4 is 11.8 Å². The molecule has 2 amide bonds. The van der Waals surface area contributed by atoms with Crippen LogP contribution < -0.4 is 10.6 Å². The summed E-state index contributed by atoms with van der Waals surface area (Å²) >= 11 is 0. The first-order valence-electron chi connectivity index (χ1n) is 8.06. The SMILES string of the molecule is CC(NC(=O)CC(=O)NCCN1CCOCC1)c1ccccc1. The van der Waals surface area contributed by atoms with Gasteiger partial charge in [-0.05, 0) is 12.5 Å². The quantitative estimate of drug-likeness (QED) is 0.726. The molecule has 0 saturated carbocycles. The van der Waals surface area contributed by atoms with Gasteiger partial charge < -0.3 is 15.4 Å². The average Bonchev–Trinajstić information content (AvgIpc) is 2.56. The summed E-state index contributed by atoms with van der Waals surface area (Å²) in [5.74, 6) is -0.499. The molecule has 1 heterocycles. The summed E-state index contributed by atoms with van der Waals surface area (Å²) in [7, 11) is 0. The first-order chi connectivity index (χ1) is 11.1. The van der Waals surface area contributed by atoms with Gasteiger partial charge in [0.25, 0.3) is 0 Å². The fourth-order valence-electron chi connectivity index (χ4n) is 2.50. The van der Waals surface area contributed by atoms with Gasteiger partial charge in [-0.15, -0.1) is 0 Å². The van der Waals surface area contributed by atoms with Crippen molar-refractivity contribution in [3.8, 4) is 0 Å². The first kappa shape index (κ1) is 17.4. The molecule has 126 valence electrons. The predicted octanol–water partition coefficient (Wildman–Crippen LogP) is 0.702. The van der Waals surface area contributed by atoms with Gasteiger partial charge >= 0.3 is 0 Å². The van der Waals surface area contributed by atoms with Gasteiger partial charge in [0.2, 0.25) is 11.8 Å². The van der Waals surface area contributed by atoms with E-state index in [-0.39, 0.29) is 24.3 Å². The first-order valence-corrected chi connectivity index (χ1v) is 8.06. The van der Waals surface area contributed by atoms with Gasteiger partial charge in [-0.1, -0.05) is 30.3 Å². The molecule has 1 aliphatic heterocycles. The van der Waals surface area contributed by atoms with E-state index in [4.69, 9.17) is 4.74 Å². The Labute approximate surface area is 137 Å². The molecule has 2 rings (SSSR count). The zero-order valence-electron chi connectivity index (χ0n) is 13.6. The Morgan fingerprint density at radius 2 is 1.87 bits per heavy atom. The predicted molar refractivity (Wildman–Crippen MR) is 87.9 cm³/mol. The van der Waals surface area contributed by atoms with E-state index < -0.39 is 0 Å². The van der Waals surface area contributed by atoms with Gasteiger partial charge in [-0.2, -0.15) is 0 Å². The number of ether oxygens (including phenoxy) is 1. The topological polar surface area (TPSA) is 70.7 Å². The molecule has 0 spiro atoms. The van der Waals surface area contributed by atoms with Crippen LogP contribution in [0.4, 0.5) is 0 Å².